The molecule has 116 valence electrons. The molecule has 0 bridgehead atoms. The van der Waals surface area contributed by atoms with Crippen molar-refractivity contribution in [2.75, 3.05) is 11.4 Å². The summed E-state index contributed by atoms with van der Waals surface area (Å²) in [5.41, 5.74) is -0.415. The highest BCUT2D eigenvalue weighted by atomic mass is 19.1. The lowest BCUT2D eigenvalue weighted by molar-refractivity contribution is -0.121. The summed E-state index contributed by atoms with van der Waals surface area (Å²) in [4.78, 5) is 24.2. The molecule has 0 aliphatic rings. The van der Waals surface area contributed by atoms with Crippen molar-refractivity contribution in [1.29, 1.82) is 0 Å². The quantitative estimate of drug-likeness (QED) is 0.877. The summed E-state index contributed by atoms with van der Waals surface area (Å²) in [6.07, 6.45) is 0.766. The standard InChI is InChI=1S/C15H20F2N2O2/c1-4-10(2)18-14(21)8-9-19(11(3)20)15-12(16)6-5-7-13(15)17/h5-7,10H,4,8-9H2,1-3H3,(H,18,21). The van der Waals surface area contributed by atoms with Crippen LogP contribution in [0.1, 0.15) is 33.6 Å². The highest BCUT2D eigenvalue weighted by molar-refractivity contribution is 5.92. The van der Waals surface area contributed by atoms with Crippen molar-refractivity contribution in [3.8, 4) is 0 Å². The van der Waals surface area contributed by atoms with E-state index in [4.69, 9.17) is 0 Å². The first-order valence-electron chi connectivity index (χ1n) is 6.88. The van der Waals surface area contributed by atoms with Gasteiger partial charge in [0.2, 0.25) is 11.8 Å². The Kier molecular flexibility index (Phi) is 6.27. The zero-order chi connectivity index (χ0) is 16.0. The molecule has 1 atom stereocenters. The number of anilines is 1. The molecule has 0 aromatic heterocycles. The number of nitrogens with one attached hydrogen (secondary N) is 1. The van der Waals surface area contributed by atoms with E-state index in [1.807, 2.05) is 13.8 Å². The fourth-order valence-corrected chi connectivity index (χ4v) is 1.84. The number of amides is 2. The topological polar surface area (TPSA) is 49.4 Å². The molecule has 4 nitrogen and oxygen atoms in total. The van der Waals surface area contributed by atoms with Crippen molar-refractivity contribution in [2.24, 2.45) is 0 Å². The first kappa shape index (κ1) is 17.1. The summed E-state index contributed by atoms with van der Waals surface area (Å²) in [5, 5.41) is 2.74. The van der Waals surface area contributed by atoms with Crippen LogP contribution in [0.5, 0.6) is 0 Å². The second-order valence-corrected chi connectivity index (χ2v) is 4.87. The maximum Gasteiger partial charge on any atom is 0.224 e. The molecule has 21 heavy (non-hydrogen) atoms. The van der Waals surface area contributed by atoms with E-state index in [1.165, 1.54) is 13.0 Å². The Hall–Kier alpha value is -1.98. The van der Waals surface area contributed by atoms with Gasteiger partial charge >= 0.3 is 0 Å². The second-order valence-electron chi connectivity index (χ2n) is 4.87. The number of benzene rings is 1. The number of hydrogen-bond donors (Lipinski definition) is 1. The van der Waals surface area contributed by atoms with E-state index in [0.29, 0.717) is 0 Å². The average molecular weight is 298 g/mol. The lowest BCUT2D eigenvalue weighted by Gasteiger charge is -2.22. The van der Waals surface area contributed by atoms with Crippen LogP contribution in [0.25, 0.3) is 0 Å². The van der Waals surface area contributed by atoms with Crippen molar-refractivity contribution in [3.05, 3.63) is 29.8 Å². The van der Waals surface area contributed by atoms with Gasteiger partial charge in [-0.2, -0.15) is 0 Å². The lowest BCUT2D eigenvalue weighted by atomic mass is 10.2. The molecule has 1 aromatic carbocycles. The van der Waals surface area contributed by atoms with Crippen molar-refractivity contribution in [1.82, 2.24) is 5.32 Å². The predicted octanol–water partition coefficient (Wildman–Crippen LogP) is 2.62. The molecule has 0 saturated carbocycles. The number of carbonyl (C=O) groups excluding carboxylic acids is 2. The van der Waals surface area contributed by atoms with E-state index in [0.717, 1.165) is 23.5 Å². The molecule has 0 saturated heterocycles. The zero-order valence-electron chi connectivity index (χ0n) is 12.5. The van der Waals surface area contributed by atoms with E-state index in [9.17, 15) is 18.4 Å². The normalized spacial score (nSPS) is 11.9. The van der Waals surface area contributed by atoms with Crippen LogP contribution in [0.15, 0.2) is 18.2 Å². The van der Waals surface area contributed by atoms with Crippen LogP contribution in [0.2, 0.25) is 0 Å². The van der Waals surface area contributed by atoms with Gasteiger partial charge in [0.05, 0.1) is 0 Å². The van der Waals surface area contributed by atoms with E-state index in [-0.39, 0.29) is 24.9 Å². The Bertz CT molecular complexity index is 500. The van der Waals surface area contributed by atoms with E-state index < -0.39 is 23.2 Å². The number of rotatable bonds is 6. The number of hydrogen-bond acceptors (Lipinski definition) is 2. The Morgan fingerprint density at radius 3 is 2.33 bits per heavy atom. The first-order valence-corrected chi connectivity index (χ1v) is 6.88. The highest BCUT2D eigenvalue weighted by Gasteiger charge is 2.21. The average Bonchev–Trinajstić information content (AvgIpc) is 2.41. The molecule has 0 aliphatic carbocycles. The van der Waals surface area contributed by atoms with Gasteiger partial charge in [-0.1, -0.05) is 13.0 Å². The minimum atomic E-state index is -0.826. The fourth-order valence-electron chi connectivity index (χ4n) is 1.84. The Labute approximate surface area is 123 Å². The highest BCUT2D eigenvalue weighted by Crippen LogP contribution is 2.23. The molecule has 0 fully saturated rings. The third-order valence-electron chi connectivity index (χ3n) is 3.17. The van der Waals surface area contributed by atoms with Crippen LogP contribution in [-0.2, 0) is 9.59 Å². The number of halogens is 2. The third-order valence-corrected chi connectivity index (χ3v) is 3.17. The zero-order valence-corrected chi connectivity index (χ0v) is 12.5. The van der Waals surface area contributed by atoms with Crippen LogP contribution >= 0.6 is 0 Å². The van der Waals surface area contributed by atoms with Gasteiger partial charge in [-0.05, 0) is 25.5 Å². The van der Waals surface area contributed by atoms with Crippen LogP contribution in [0, 0.1) is 11.6 Å². The fraction of sp³-hybridized carbons (Fsp3) is 0.467. The van der Waals surface area contributed by atoms with Crippen LogP contribution < -0.4 is 10.2 Å². The van der Waals surface area contributed by atoms with Crippen LogP contribution in [0.3, 0.4) is 0 Å². The Balaban J connectivity index is 2.80. The third kappa shape index (κ3) is 4.81. The van der Waals surface area contributed by atoms with E-state index in [1.54, 1.807) is 0 Å². The van der Waals surface area contributed by atoms with Gasteiger partial charge in [-0.3, -0.25) is 9.59 Å². The van der Waals surface area contributed by atoms with Gasteiger partial charge in [0.1, 0.15) is 17.3 Å². The van der Waals surface area contributed by atoms with Crippen LogP contribution in [0.4, 0.5) is 14.5 Å². The molecular weight excluding hydrogens is 278 g/mol. The van der Waals surface area contributed by atoms with Gasteiger partial charge in [0.25, 0.3) is 0 Å². The number of nitrogens with zero attached hydrogens (tertiary/aromatic N) is 1. The Morgan fingerprint density at radius 2 is 1.86 bits per heavy atom. The number of carbonyl (C=O) groups is 2. The molecule has 1 unspecified atom stereocenters. The molecule has 0 aliphatic heterocycles. The molecule has 0 radical (unpaired) electrons. The van der Waals surface area contributed by atoms with Crippen molar-refractivity contribution >= 4 is 17.5 Å². The van der Waals surface area contributed by atoms with Crippen molar-refractivity contribution in [3.63, 3.8) is 0 Å². The van der Waals surface area contributed by atoms with Gasteiger partial charge in [0.15, 0.2) is 0 Å². The molecule has 1 aromatic rings. The van der Waals surface area contributed by atoms with Gasteiger partial charge < -0.3 is 10.2 Å². The molecule has 6 heteroatoms. The predicted molar refractivity (Wildman–Crippen MR) is 76.9 cm³/mol. The lowest BCUT2D eigenvalue weighted by Crippen LogP contribution is -2.37. The molecule has 0 heterocycles. The summed E-state index contributed by atoms with van der Waals surface area (Å²) < 4.78 is 27.4. The summed E-state index contributed by atoms with van der Waals surface area (Å²) in [7, 11) is 0. The SMILES string of the molecule is CCC(C)NC(=O)CCN(C(C)=O)c1c(F)cccc1F. The molecule has 1 N–H and O–H groups in total. The molecular formula is C15H20F2N2O2. The smallest absolute Gasteiger partial charge is 0.224 e. The summed E-state index contributed by atoms with van der Waals surface area (Å²) >= 11 is 0. The second kappa shape index (κ2) is 7.71. The molecule has 2 amide bonds. The van der Waals surface area contributed by atoms with Gasteiger partial charge in [-0.25, -0.2) is 8.78 Å². The minimum absolute atomic E-state index is 0.0162. The maximum atomic E-state index is 13.7. The molecule has 0 spiro atoms. The van der Waals surface area contributed by atoms with Crippen LogP contribution in [-0.4, -0.2) is 24.4 Å². The molecule has 1 rings (SSSR count). The summed E-state index contributed by atoms with van der Waals surface area (Å²) in [5.74, 6) is -2.43. The monoisotopic (exact) mass is 298 g/mol. The van der Waals surface area contributed by atoms with Gasteiger partial charge in [0, 0.05) is 25.9 Å². The first-order chi connectivity index (χ1) is 9.86. The number of para-hydroxylation sites is 1. The minimum Gasteiger partial charge on any atom is -0.354 e. The van der Waals surface area contributed by atoms with Gasteiger partial charge in [-0.15, -0.1) is 0 Å². The van der Waals surface area contributed by atoms with E-state index >= 15 is 0 Å². The summed E-state index contributed by atoms with van der Waals surface area (Å²) in [6, 6.07) is 3.40. The largest absolute Gasteiger partial charge is 0.354 e. The van der Waals surface area contributed by atoms with Crippen molar-refractivity contribution < 1.29 is 18.4 Å². The Morgan fingerprint density at radius 1 is 1.29 bits per heavy atom. The van der Waals surface area contributed by atoms with Crippen molar-refractivity contribution in [2.45, 2.75) is 39.7 Å². The maximum absolute atomic E-state index is 13.7. The van der Waals surface area contributed by atoms with E-state index in [2.05, 4.69) is 5.32 Å². The summed E-state index contributed by atoms with van der Waals surface area (Å²) in [6.45, 7) is 4.92.